The van der Waals surface area contributed by atoms with Gasteiger partial charge < -0.3 is 15.7 Å². The average Bonchev–Trinajstić information content (AvgIpc) is 2.55. The van der Waals surface area contributed by atoms with Crippen LogP contribution in [-0.4, -0.2) is 23.0 Å². The third-order valence-corrected chi connectivity index (χ3v) is 3.58. The predicted octanol–water partition coefficient (Wildman–Crippen LogP) is 2.89. The monoisotopic (exact) mass is 326 g/mol. The number of rotatable bonds is 6. The molecule has 0 radical (unpaired) electrons. The molecular formula is C19H22N2O3. The van der Waals surface area contributed by atoms with Crippen molar-refractivity contribution in [1.82, 2.24) is 5.32 Å². The zero-order chi connectivity index (χ0) is 17.5. The van der Waals surface area contributed by atoms with Crippen molar-refractivity contribution < 1.29 is 14.7 Å². The summed E-state index contributed by atoms with van der Waals surface area (Å²) in [5.74, 6) is -0.429. The summed E-state index contributed by atoms with van der Waals surface area (Å²) in [6.07, 6.45) is -0.214. The highest BCUT2D eigenvalue weighted by atomic mass is 16.3. The smallest absolute Gasteiger partial charge is 0.251 e. The molecule has 0 aliphatic carbocycles. The summed E-state index contributed by atoms with van der Waals surface area (Å²) in [5.41, 5.74) is 1.86. The van der Waals surface area contributed by atoms with Gasteiger partial charge in [-0.25, -0.2) is 0 Å². The zero-order valence-corrected chi connectivity index (χ0v) is 13.8. The average molecular weight is 326 g/mol. The van der Waals surface area contributed by atoms with Crippen LogP contribution in [0.25, 0.3) is 0 Å². The minimum absolute atomic E-state index is 0.188. The van der Waals surface area contributed by atoms with Gasteiger partial charge in [-0.1, -0.05) is 36.4 Å². The number of benzene rings is 2. The molecule has 0 saturated heterocycles. The second-order valence-electron chi connectivity index (χ2n) is 5.80. The Morgan fingerprint density at radius 3 is 2.46 bits per heavy atom. The highest BCUT2D eigenvalue weighted by Gasteiger charge is 2.15. The summed E-state index contributed by atoms with van der Waals surface area (Å²) in [6, 6.07) is 15.9. The molecule has 2 atom stereocenters. The Morgan fingerprint density at radius 1 is 1.08 bits per heavy atom. The SMILES string of the molecule is CC(=O)Nc1cccc(C(=O)NC(C)CC(O)c2ccccc2)c1. The Kier molecular flexibility index (Phi) is 6.09. The Morgan fingerprint density at radius 2 is 1.79 bits per heavy atom. The van der Waals surface area contributed by atoms with E-state index in [1.165, 1.54) is 6.92 Å². The van der Waals surface area contributed by atoms with Crippen molar-refractivity contribution in [2.24, 2.45) is 0 Å². The largest absolute Gasteiger partial charge is 0.388 e. The van der Waals surface area contributed by atoms with Crippen molar-refractivity contribution in [1.29, 1.82) is 0 Å². The third-order valence-electron chi connectivity index (χ3n) is 3.58. The first-order chi connectivity index (χ1) is 11.5. The van der Waals surface area contributed by atoms with Gasteiger partial charge >= 0.3 is 0 Å². The summed E-state index contributed by atoms with van der Waals surface area (Å²) < 4.78 is 0. The van der Waals surface area contributed by atoms with E-state index in [1.54, 1.807) is 24.3 Å². The maximum atomic E-state index is 12.3. The van der Waals surface area contributed by atoms with Crippen LogP contribution in [0.1, 0.15) is 42.3 Å². The molecule has 0 spiro atoms. The van der Waals surface area contributed by atoms with E-state index >= 15 is 0 Å². The highest BCUT2D eigenvalue weighted by molar-refractivity contribution is 5.96. The lowest BCUT2D eigenvalue weighted by molar-refractivity contribution is -0.114. The first kappa shape index (κ1) is 17.7. The predicted molar refractivity (Wildman–Crippen MR) is 93.7 cm³/mol. The van der Waals surface area contributed by atoms with Crippen LogP contribution >= 0.6 is 0 Å². The molecule has 0 saturated carbocycles. The van der Waals surface area contributed by atoms with Crippen molar-refractivity contribution in [3.8, 4) is 0 Å². The number of anilines is 1. The summed E-state index contributed by atoms with van der Waals surface area (Å²) in [6.45, 7) is 3.27. The van der Waals surface area contributed by atoms with Gasteiger partial charge in [-0.3, -0.25) is 9.59 Å². The molecule has 2 rings (SSSR count). The van der Waals surface area contributed by atoms with Crippen LogP contribution in [-0.2, 0) is 4.79 Å². The van der Waals surface area contributed by atoms with Crippen LogP contribution in [0.5, 0.6) is 0 Å². The van der Waals surface area contributed by atoms with Gasteiger partial charge in [0.1, 0.15) is 0 Å². The molecule has 0 aliphatic heterocycles. The van der Waals surface area contributed by atoms with Crippen LogP contribution in [0.4, 0.5) is 5.69 Å². The minimum Gasteiger partial charge on any atom is -0.388 e. The van der Waals surface area contributed by atoms with Gasteiger partial charge in [-0.2, -0.15) is 0 Å². The van der Waals surface area contributed by atoms with E-state index in [4.69, 9.17) is 0 Å². The van der Waals surface area contributed by atoms with Crippen LogP contribution in [0.15, 0.2) is 54.6 Å². The molecule has 2 amide bonds. The lowest BCUT2D eigenvalue weighted by Crippen LogP contribution is -2.33. The highest BCUT2D eigenvalue weighted by Crippen LogP contribution is 2.18. The molecule has 5 nitrogen and oxygen atoms in total. The van der Waals surface area contributed by atoms with Crippen LogP contribution in [0, 0.1) is 0 Å². The van der Waals surface area contributed by atoms with Gasteiger partial charge in [0.05, 0.1) is 6.10 Å². The van der Waals surface area contributed by atoms with E-state index in [9.17, 15) is 14.7 Å². The number of hydrogen-bond acceptors (Lipinski definition) is 3. The first-order valence-electron chi connectivity index (χ1n) is 7.87. The van der Waals surface area contributed by atoms with E-state index in [2.05, 4.69) is 10.6 Å². The first-order valence-corrected chi connectivity index (χ1v) is 7.87. The Hall–Kier alpha value is -2.66. The summed E-state index contributed by atoms with van der Waals surface area (Å²) >= 11 is 0. The van der Waals surface area contributed by atoms with Gasteiger partial charge in [0.25, 0.3) is 5.91 Å². The molecule has 3 N–H and O–H groups in total. The number of carbonyl (C=O) groups excluding carboxylic acids is 2. The molecule has 0 fully saturated rings. The van der Waals surface area contributed by atoms with E-state index in [-0.39, 0.29) is 17.9 Å². The molecular weight excluding hydrogens is 304 g/mol. The fourth-order valence-corrected chi connectivity index (χ4v) is 2.45. The number of aliphatic hydroxyl groups is 1. The fourth-order valence-electron chi connectivity index (χ4n) is 2.45. The Bertz CT molecular complexity index is 701. The lowest BCUT2D eigenvalue weighted by Gasteiger charge is -2.18. The second-order valence-corrected chi connectivity index (χ2v) is 5.80. The number of aliphatic hydroxyl groups excluding tert-OH is 1. The maximum absolute atomic E-state index is 12.3. The van der Waals surface area contributed by atoms with Crippen molar-refractivity contribution in [2.45, 2.75) is 32.4 Å². The molecule has 0 aliphatic rings. The summed E-state index contributed by atoms with van der Waals surface area (Å²) in [7, 11) is 0. The molecule has 24 heavy (non-hydrogen) atoms. The Balaban J connectivity index is 1.95. The standard InChI is InChI=1S/C19H22N2O3/c1-13(11-18(23)15-7-4-3-5-8-15)20-19(24)16-9-6-10-17(12-16)21-14(2)22/h3-10,12-13,18,23H,11H2,1-2H3,(H,20,24)(H,21,22). The minimum atomic E-state index is -0.632. The van der Waals surface area contributed by atoms with E-state index < -0.39 is 6.10 Å². The summed E-state index contributed by atoms with van der Waals surface area (Å²) in [4.78, 5) is 23.4. The van der Waals surface area contributed by atoms with Gasteiger partial charge in [0, 0.05) is 24.2 Å². The van der Waals surface area contributed by atoms with E-state index in [0.29, 0.717) is 17.7 Å². The summed E-state index contributed by atoms with van der Waals surface area (Å²) in [5, 5.41) is 15.7. The van der Waals surface area contributed by atoms with Gasteiger partial charge in [-0.15, -0.1) is 0 Å². The number of nitrogens with one attached hydrogen (secondary N) is 2. The molecule has 0 bridgehead atoms. The van der Waals surface area contributed by atoms with Crippen LogP contribution < -0.4 is 10.6 Å². The number of hydrogen-bond donors (Lipinski definition) is 3. The quantitative estimate of drug-likeness (QED) is 0.764. The van der Waals surface area contributed by atoms with Crippen molar-refractivity contribution >= 4 is 17.5 Å². The van der Waals surface area contributed by atoms with Gasteiger partial charge in [-0.05, 0) is 37.1 Å². The van der Waals surface area contributed by atoms with Gasteiger partial charge in [0.15, 0.2) is 0 Å². The van der Waals surface area contributed by atoms with Crippen LogP contribution in [0.2, 0.25) is 0 Å². The lowest BCUT2D eigenvalue weighted by atomic mass is 10.0. The van der Waals surface area contributed by atoms with E-state index in [1.807, 2.05) is 37.3 Å². The van der Waals surface area contributed by atoms with Crippen molar-refractivity contribution in [3.63, 3.8) is 0 Å². The molecule has 2 unspecified atom stereocenters. The molecule has 5 heteroatoms. The van der Waals surface area contributed by atoms with Crippen LogP contribution in [0.3, 0.4) is 0 Å². The normalized spacial score (nSPS) is 13.0. The molecule has 126 valence electrons. The van der Waals surface area contributed by atoms with Gasteiger partial charge in [0.2, 0.25) is 5.91 Å². The zero-order valence-electron chi connectivity index (χ0n) is 13.8. The second kappa shape index (κ2) is 8.26. The molecule has 0 aromatic heterocycles. The molecule has 2 aromatic carbocycles. The number of carbonyl (C=O) groups is 2. The number of amides is 2. The molecule has 0 heterocycles. The maximum Gasteiger partial charge on any atom is 0.251 e. The molecule has 2 aromatic rings. The van der Waals surface area contributed by atoms with E-state index in [0.717, 1.165) is 5.56 Å². The topological polar surface area (TPSA) is 78.4 Å². The third kappa shape index (κ3) is 5.21. The van der Waals surface area contributed by atoms with Crippen molar-refractivity contribution in [2.75, 3.05) is 5.32 Å². The van der Waals surface area contributed by atoms with Crippen molar-refractivity contribution in [3.05, 3.63) is 65.7 Å². The Labute approximate surface area is 141 Å². The fraction of sp³-hybridized carbons (Fsp3) is 0.263.